The van der Waals surface area contributed by atoms with Crippen molar-refractivity contribution in [2.75, 3.05) is 13.7 Å². The number of alkyl halides is 3. The molecule has 1 aromatic heterocycles. The SMILES string of the molecule is COC(=O)C(OCC(F)(F)F)c1ccc(-n2ccnn2)cc1. The summed E-state index contributed by atoms with van der Waals surface area (Å²) in [5.74, 6) is -0.905. The Morgan fingerprint density at radius 1 is 1.32 bits per heavy atom. The average molecular weight is 315 g/mol. The fourth-order valence-electron chi connectivity index (χ4n) is 1.73. The van der Waals surface area contributed by atoms with Gasteiger partial charge >= 0.3 is 12.1 Å². The molecule has 0 bridgehead atoms. The van der Waals surface area contributed by atoms with Gasteiger partial charge in [0.15, 0.2) is 6.10 Å². The number of benzene rings is 1. The molecule has 1 heterocycles. The molecule has 6 nitrogen and oxygen atoms in total. The van der Waals surface area contributed by atoms with E-state index in [-0.39, 0.29) is 5.56 Å². The van der Waals surface area contributed by atoms with Crippen molar-refractivity contribution in [1.29, 1.82) is 0 Å². The number of esters is 1. The molecular weight excluding hydrogens is 303 g/mol. The fourth-order valence-corrected chi connectivity index (χ4v) is 1.73. The van der Waals surface area contributed by atoms with Gasteiger partial charge in [-0.2, -0.15) is 13.2 Å². The third kappa shape index (κ3) is 4.04. The average Bonchev–Trinajstić information content (AvgIpc) is 3.01. The zero-order chi connectivity index (χ0) is 16.2. The van der Waals surface area contributed by atoms with Gasteiger partial charge in [0.25, 0.3) is 0 Å². The van der Waals surface area contributed by atoms with Crippen LogP contribution in [0.5, 0.6) is 0 Å². The number of carbonyl (C=O) groups excluding carboxylic acids is 1. The van der Waals surface area contributed by atoms with Crippen LogP contribution in [-0.2, 0) is 14.3 Å². The fraction of sp³-hybridized carbons (Fsp3) is 0.308. The van der Waals surface area contributed by atoms with Gasteiger partial charge in [-0.15, -0.1) is 5.10 Å². The molecule has 0 amide bonds. The Labute approximate surface area is 123 Å². The highest BCUT2D eigenvalue weighted by Crippen LogP contribution is 2.24. The van der Waals surface area contributed by atoms with Crippen LogP contribution < -0.4 is 0 Å². The molecule has 0 aliphatic rings. The first-order valence-electron chi connectivity index (χ1n) is 6.13. The lowest BCUT2D eigenvalue weighted by atomic mass is 10.1. The van der Waals surface area contributed by atoms with Crippen molar-refractivity contribution < 1.29 is 27.4 Å². The maximum Gasteiger partial charge on any atom is 0.411 e. The first kappa shape index (κ1) is 16.0. The number of halogens is 3. The van der Waals surface area contributed by atoms with Crippen molar-refractivity contribution in [3.8, 4) is 5.69 Å². The summed E-state index contributed by atoms with van der Waals surface area (Å²) in [6.45, 7) is -1.54. The normalized spacial score (nSPS) is 12.9. The molecule has 0 saturated heterocycles. The monoisotopic (exact) mass is 315 g/mol. The summed E-state index contributed by atoms with van der Waals surface area (Å²) in [5.41, 5.74) is 0.889. The zero-order valence-electron chi connectivity index (χ0n) is 11.4. The van der Waals surface area contributed by atoms with Gasteiger partial charge in [-0.25, -0.2) is 9.48 Å². The van der Waals surface area contributed by atoms with Crippen molar-refractivity contribution >= 4 is 5.97 Å². The van der Waals surface area contributed by atoms with Gasteiger partial charge < -0.3 is 9.47 Å². The minimum atomic E-state index is -4.53. The third-order valence-corrected chi connectivity index (χ3v) is 2.71. The molecule has 0 saturated carbocycles. The predicted molar refractivity (Wildman–Crippen MR) is 68.1 cm³/mol. The summed E-state index contributed by atoms with van der Waals surface area (Å²) < 4.78 is 47.3. The topological polar surface area (TPSA) is 66.2 Å². The van der Waals surface area contributed by atoms with E-state index in [9.17, 15) is 18.0 Å². The molecule has 9 heteroatoms. The van der Waals surface area contributed by atoms with Gasteiger partial charge in [0.1, 0.15) is 6.61 Å². The standard InChI is InChI=1S/C13H12F3N3O3/c1-21-12(20)11(22-8-13(14,15)16)9-2-4-10(5-3-9)19-7-6-17-18-19/h2-7,11H,8H2,1H3. The molecule has 0 radical (unpaired) electrons. The van der Waals surface area contributed by atoms with Crippen LogP contribution in [-0.4, -0.2) is 40.9 Å². The van der Waals surface area contributed by atoms with Gasteiger partial charge in [-0.05, 0) is 17.7 Å². The van der Waals surface area contributed by atoms with E-state index < -0.39 is 24.9 Å². The number of rotatable bonds is 5. The van der Waals surface area contributed by atoms with Crippen LogP contribution in [0.4, 0.5) is 13.2 Å². The highest BCUT2D eigenvalue weighted by molar-refractivity contribution is 5.76. The second kappa shape index (κ2) is 6.56. The second-order valence-electron chi connectivity index (χ2n) is 4.27. The van der Waals surface area contributed by atoms with Crippen LogP contribution in [0.25, 0.3) is 5.69 Å². The first-order valence-corrected chi connectivity index (χ1v) is 6.13. The second-order valence-corrected chi connectivity index (χ2v) is 4.27. The number of hydrogen-bond acceptors (Lipinski definition) is 5. The van der Waals surface area contributed by atoms with E-state index in [2.05, 4.69) is 19.8 Å². The van der Waals surface area contributed by atoms with E-state index in [0.717, 1.165) is 7.11 Å². The van der Waals surface area contributed by atoms with Crippen molar-refractivity contribution in [3.63, 3.8) is 0 Å². The van der Waals surface area contributed by atoms with Gasteiger partial charge in [0.05, 0.1) is 25.2 Å². The number of nitrogens with zero attached hydrogens (tertiary/aromatic N) is 3. The van der Waals surface area contributed by atoms with Gasteiger partial charge in [0.2, 0.25) is 0 Å². The minimum Gasteiger partial charge on any atom is -0.467 e. The molecule has 22 heavy (non-hydrogen) atoms. The van der Waals surface area contributed by atoms with Crippen LogP contribution in [0.2, 0.25) is 0 Å². The molecule has 0 N–H and O–H groups in total. The van der Waals surface area contributed by atoms with Crippen LogP contribution in [0.3, 0.4) is 0 Å². The minimum absolute atomic E-state index is 0.250. The first-order chi connectivity index (χ1) is 10.4. The molecule has 0 fully saturated rings. The number of methoxy groups -OCH3 is 1. The molecular formula is C13H12F3N3O3. The van der Waals surface area contributed by atoms with Gasteiger partial charge in [-0.1, -0.05) is 17.3 Å². The molecule has 2 aromatic rings. The summed E-state index contributed by atoms with van der Waals surface area (Å²) in [6.07, 6.45) is -2.89. The number of aromatic nitrogens is 3. The number of carbonyl (C=O) groups is 1. The number of ether oxygens (including phenoxy) is 2. The third-order valence-electron chi connectivity index (χ3n) is 2.71. The van der Waals surface area contributed by atoms with Crippen LogP contribution in [0.1, 0.15) is 11.7 Å². The van der Waals surface area contributed by atoms with E-state index in [1.165, 1.54) is 23.0 Å². The van der Waals surface area contributed by atoms with Crippen molar-refractivity contribution in [1.82, 2.24) is 15.0 Å². The van der Waals surface area contributed by atoms with E-state index in [1.54, 1.807) is 18.3 Å². The van der Waals surface area contributed by atoms with Crippen molar-refractivity contribution in [3.05, 3.63) is 42.2 Å². The Hall–Kier alpha value is -2.42. The number of hydrogen-bond donors (Lipinski definition) is 0. The Bertz CT molecular complexity index is 612. The van der Waals surface area contributed by atoms with Gasteiger partial charge in [0, 0.05) is 0 Å². The molecule has 2 rings (SSSR count). The summed E-state index contributed by atoms with van der Waals surface area (Å²) in [6, 6.07) is 6.09. The molecule has 0 aliphatic carbocycles. The Kier molecular flexibility index (Phi) is 4.76. The highest BCUT2D eigenvalue weighted by Gasteiger charge is 2.32. The smallest absolute Gasteiger partial charge is 0.411 e. The van der Waals surface area contributed by atoms with E-state index in [0.29, 0.717) is 5.69 Å². The summed E-state index contributed by atoms with van der Waals surface area (Å²) in [7, 11) is 1.08. The lowest BCUT2D eigenvalue weighted by molar-refractivity contribution is -0.194. The van der Waals surface area contributed by atoms with E-state index in [1.807, 2.05) is 0 Å². The maximum absolute atomic E-state index is 12.3. The van der Waals surface area contributed by atoms with Crippen LogP contribution in [0.15, 0.2) is 36.7 Å². The summed E-state index contributed by atoms with van der Waals surface area (Å²) in [4.78, 5) is 11.6. The molecule has 1 aromatic carbocycles. The van der Waals surface area contributed by atoms with E-state index in [4.69, 9.17) is 0 Å². The lowest BCUT2D eigenvalue weighted by Gasteiger charge is -2.17. The predicted octanol–water partition coefficient (Wildman–Crippen LogP) is 2.06. The summed E-state index contributed by atoms with van der Waals surface area (Å²) in [5, 5.41) is 7.42. The lowest BCUT2D eigenvalue weighted by Crippen LogP contribution is -2.24. The molecule has 0 aliphatic heterocycles. The Balaban J connectivity index is 2.18. The molecule has 0 spiro atoms. The van der Waals surface area contributed by atoms with Gasteiger partial charge in [-0.3, -0.25) is 0 Å². The zero-order valence-corrected chi connectivity index (χ0v) is 11.4. The van der Waals surface area contributed by atoms with Crippen LogP contribution >= 0.6 is 0 Å². The quantitative estimate of drug-likeness (QED) is 0.790. The van der Waals surface area contributed by atoms with Crippen molar-refractivity contribution in [2.45, 2.75) is 12.3 Å². The van der Waals surface area contributed by atoms with Crippen LogP contribution in [0, 0.1) is 0 Å². The maximum atomic E-state index is 12.3. The summed E-state index contributed by atoms with van der Waals surface area (Å²) >= 11 is 0. The van der Waals surface area contributed by atoms with E-state index >= 15 is 0 Å². The Morgan fingerprint density at radius 2 is 2.00 bits per heavy atom. The van der Waals surface area contributed by atoms with Crippen molar-refractivity contribution in [2.24, 2.45) is 0 Å². The molecule has 118 valence electrons. The molecule has 1 atom stereocenters. The Morgan fingerprint density at radius 3 is 2.50 bits per heavy atom. The highest BCUT2D eigenvalue weighted by atomic mass is 19.4. The molecule has 1 unspecified atom stereocenters. The largest absolute Gasteiger partial charge is 0.467 e.